The molecule has 2 N–H and O–H groups in total. The molecule has 1 unspecified atom stereocenters. The number of carbonyl (C=O) groups excluding carboxylic acids is 1. The number of anilines is 1. The van der Waals surface area contributed by atoms with Gasteiger partial charge in [-0.15, -0.1) is 0 Å². The zero-order valence-corrected chi connectivity index (χ0v) is 13.0. The Morgan fingerprint density at radius 1 is 1.25 bits per heavy atom. The number of fused-ring (bicyclic) bond motifs is 1. The van der Waals surface area contributed by atoms with Gasteiger partial charge in [0.1, 0.15) is 0 Å². The molecule has 8 heteroatoms. The van der Waals surface area contributed by atoms with Crippen LogP contribution >= 0.6 is 0 Å². The molecule has 0 radical (unpaired) electrons. The van der Waals surface area contributed by atoms with Crippen molar-refractivity contribution in [2.24, 2.45) is 5.73 Å². The van der Waals surface area contributed by atoms with Crippen molar-refractivity contribution in [2.45, 2.75) is 26.1 Å². The summed E-state index contributed by atoms with van der Waals surface area (Å²) < 4.78 is 5.49. The monoisotopic (exact) mass is 328 g/mol. The Labute approximate surface area is 138 Å². The van der Waals surface area contributed by atoms with E-state index < -0.39 is 11.0 Å². The zero-order valence-electron chi connectivity index (χ0n) is 13.0. The van der Waals surface area contributed by atoms with Crippen molar-refractivity contribution >= 4 is 17.5 Å². The first kappa shape index (κ1) is 15.9. The lowest BCUT2D eigenvalue weighted by molar-refractivity contribution is -0.389. The van der Waals surface area contributed by atoms with Gasteiger partial charge < -0.3 is 20.6 Å². The highest BCUT2D eigenvalue weighted by Crippen LogP contribution is 2.34. The first-order chi connectivity index (χ1) is 11.5. The minimum Gasteiger partial charge on any atom is -0.475 e. The number of nitrogens with two attached hydrogens (primary N) is 1. The molecule has 0 spiro atoms. The Bertz CT molecular complexity index is 791. The van der Waals surface area contributed by atoms with Gasteiger partial charge in [0.15, 0.2) is 11.9 Å². The van der Waals surface area contributed by atoms with Crippen LogP contribution in [0.3, 0.4) is 0 Å². The van der Waals surface area contributed by atoms with Crippen molar-refractivity contribution in [3.05, 3.63) is 57.6 Å². The second-order valence-electron chi connectivity index (χ2n) is 5.45. The van der Waals surface area contributed by atoms with Crippen LogP contribution in [0.15, 0.2) is 36.4 Å². The molecule has 1 atom stereocenters. The molecule has 1 aromatic carbocycles. The molecule has 1 amide bonds. The molecule has 0 aliphatic carbocycles. The van der Waals surface area contributed by atoms with Crippen molar-refractivity contribution in [1.82, 2.24) is 4.98 Å². The summed E-state index contributed by atoms with van der Waals surface area (Å²) in [6, 6.07) is 10.2. The Morgan fingerprint density at radius 2 is 1.92 bits per heavy atom. The normalized spacial score (nSPS) is 16.5. The van der Waals surface area contributed by atoms with E-state index in [1.807, 2.05) is 24.3 Å². The lowest BCUT2D eigenvalue weighted by atomic mass is 10.1. The predicted molar refractivity (Wildman–Crippen MR) is 86.5 cm³/mol. The molecule has 0 bridgehead atoms. The predicted octanol–water partition coefficient (Wildman–Crippen LogP) is 1.76. The maximum atomic E-state index is 12.5. The molecule has 3 rings (SSSR count). The first-order valence-electron chi connectivity index (χ1n) is 7.41. The van der Waals surface area contributed by atoms with Crippen molar-refractivity contribution in [2.75, 3.05) is 4.90 Å². The fraction of sp³-hybridized carbons (Fsp3) is 0.250. The van der Waals surface area contributed by atoms with E-state index in [0.717, 1.165) is 11.1 Å². The summed E-state index contributed by atoms with van der Waals surface area (Å²) >= 11 is 0. The largest absolute Gasteiger partial charge is 0.475 e. The van der Waals surface area contributed by atoms with Crippen LogP contribution in [0.2, 0.25) is 0 Å². The highest BCUT2D eigenvalue weighted by molar-refractivity contribution is 5.98. The lowest BCUT2D eigenvalue weighted by Crippen LogP contribution is -2.44. The zero-order chi connectivity index (χ0) is 17.3. The third kappa shape index (κ3) is 2.91. The number of ether oxygens (including phenoxy) is 1. The SMILES string of the molecule is CC1Oc2ccc([N+](=O)[O-])nc2N(Cc2ccc(CN)cc2)C1=O. The number of aromatic nitrogens is 1. The topological polar surface area (TPSA) is 112 Å². The van der Waals surface area contributed by atoms with Crippen molar-refractivity contribution in [3.8, 4) is 5.75 Å². The number of hydrogen-bond acceptors (Lipinski definition) is 6. The van der Waals surface area contributed by atoms with Crippen LogP contribution in [-0.2, 0) is 17.9 Å². The molecule has 124 valence electrons. The van der Waals surface area contributed by atoms with Crippen LogP contribution < -0.4 is 15.4 Å². The van der Waals surface area contributed by atoms with E-state index >= 15 is 0 Å². The van der Waals surface area contributed by atoms with E-state index in [4.69, 9.17) is 10.5 Å². The summed E-state index contributed by atoms with van der Waals surface area (Å²) in [6.07, 6.45) is -0.677. The fourth-order valence-corrected chi connectivity index (χ4v) is 2.49. The van der Waals surface area contributed by atoms with Gasteiger partial charge in [-0.25, -0.2) is 0 Å². The average molecular weight is 328 g/mol. The molecule has 0 fully saturated rings. The first-order valence-corrected chi connectivity index (χ1v) is 7.41. The quantitative estimate of drug-likeness (QED) is 0.676. The fourth-order valence-electron chi connectivity index (χ4n) is 2.49. The standard InChI is InChI=1S/C16H16N4O4/c1-10-16(21)19(9-12-4-2-11(8-17)3-5-12)15-13(24-10)6-7-14(18-15)20(22)23/h2-7,10H,8-9,17H2,1H3. The van der Waals surface area contributed by atoms with Gasteiger partial charge in [-0.05, 0) is 34.0 Å². The molecule has 1 aliphatic heterocycles. The van der Waals surface area contributed by atoms with Gasteiger partial charge >= 0.3 is 5.82 Å². The molecule has 8 nitrogen and oxygen atoms in total. The van der Waals surface area contributed by atoms with E-state index in [0.29, 0.717) is 12.3 Å². The highest BCUT2D eigenvalue weighted by atomic mass is 16.6. The third-order valence-corrected chi connectivity index (χ3v) is 3.78. The van der Waals surface area contributed by atoms with Crippen LogP contribution in [0.5, 0.6) is 5.75 Å². The third-order valence-electron chi connectivity index (χ3n) is 3.78. The number of rotatable bonds is 4. The molecule has 24 heavy (non-hydrogen) atoms. The van der Waals surface area contributed by atoms with Crippen molar-refractivity contribution in [3.63, 3.8) is 0 Å². The highest BCUT2D eigenvalue weighted by Gasteiger charge is 2.36. The van der Waals surface area contributed by atoms with Gasteiger partial charge in [-0.3, -0.25) is 9.69 Å². The second kappa shape index (κ2) is 6.25. The molecule has 0 saturated carbocycles. The number of carbonyl (C=O) groups is 1. The minimum atomic E-state index is -0.677. The van der Waals surface area contributed by atoms with Crippen molar-refractivity contribution in [1.29, 1.82) is 0 Å². The number of hydrogen-bond donors (Lipinski definition) is 1. The summed E-state index contributed by atoms with van der Waals surface area (Å²) in [6.45, 7) is 2.32. The molecular weight excluding hydrogens is 312 g/mol. The number of nitro groups is 1. The van der Waals surface area contributed by atoms with E-state index in [-0.39, 0.29) is 24.1 Å². The summed E-state index contributed by atoms with van der Waals surface area (Å²) in [4.78, 5) is 28.2. The van der Waals surface area contributed by atoms with Gasteiger partial charge in [0.25, 0.3) is 11.7 Å². The number of amides is 1. The maximum Gasteiger partial charge on any atom is 0.366 e. The number of pyridine rings is 1. The maximum absolute atomic E-state index is 12.5. The van der Waals surface area contributed by atoms with E-state index in [1.165, 1.54) is 17.0 Å². The van der Waals surface area contributed by atoms with E-state index in [2.05, 4.69) is 4.98 Å². The summed E-state index contributed by atoms with van der Waals surface area (Å²) in [7, 11) is 0. The number of nitrogens with zero attached hydrogens (tertiary/aromatic N) is 3. The van der Waals surface area contributed by atoms with Gasteiger partial charge in [0, 0.05) is 12.6 Å². The Kier molecular flexibility index (Phi) is 4.13. The van der Waals surface area contributed by atoms with Crippen LogP contribution in [0.4, 0.5) is 11.6 Å². The molecular formula is C16H16N4O4. The van der Waals surface area contributed by atoms with Gasteiger partial charge in [-0.1, -0.05) is 24.3 Å². The van der Waals surface area contributed by atoms with E-state index in [1.54, 1.807) is 6.92 Å². The van der Waals surface area contributed by atoms with Crippen LogP contribution in [0, 0.1) is 10.1 Å². The van der Waals surface area contributed by atoms with Gasteiger partial charge in [-0.2, -0.15) is 0 Å². The number of benzene rings is 1. The molecule has 0 saturated heterocycles. The molecule has 1 aliphatic rings. The summed E-state index contributed by atoms with van der Waals surface area (Å²) in [5, 5.41) is 11.0. The second-order valence-corrected chi connectivity index (χ2v) is 5.45. The summed E-state index contributed by atoms with van der Waals surface area (Å²) in [5.41, 5.74) is 7.43. The smallest absolute Gasteiger partial charge is 0.366 e. The lowest BCUT2D eigenvalue weighted by Gasteiger charge is -2.29. The van der Waals surface area contributed by atoms with Crippen molar-refractivity contribution < 1.29 is 14.5 Å². The molecule has 2 aromatic rings. The Hall–Kier alpha value is -3.00. The van der Waals surface area contributed by atoms with Gasteiger partial charge in [0.2, 0.25) is 0 Å². The Morgan fingerprint density at radius 3 is 2.54 bits per heavy atom. The van der Waals surface area contributed by atoms with Crippen LogP contribution in [-0.4, -0.2) is 21.9 Å². The molecule has 1 aromatic heterocycles. The van der Waals surface area contributed by atoms with Gasteiger partial charge in [0.05, 0.1) is 6.54 Å². The van der Waals surface area contributed by atoms with Crippen LogP contribution in [0.1, 0.15) is 18.1 Å². The van der Waals surface area contributed by atoms with Crippen LogP contribution in [0.25, 0.3) is 0 Å². The average Bonchev–Trinajstić information content (AvgIpc) is 2.59. The Balaban J connectivity index is 1.97. The minimum absolute atomic E-state index is 0.162. The summed E-state index contributed by atoms with van der Waals surface area (Å²) in [5.74, 6) is -0.108. The molecule has 2 heterocycles. The van der Waals surface area contributed by atoms with E-state index in [9.17, 15) is 14.9 Å².